The maximum Gasteiger partial charge on any atom is 0.335 e. The summed E-state index contributed by atoms with van der Waals surface area (Å²) < 4.78 is 23.2. The van der Waals surface area contributed by atoms with Crippen LogP contribution in [-0.2, 0) is 16.8 Å². The second kappa shape index (κ2) is 4.39. The van der Waals surface area contributed by atoms with Crippen LogP contribution in [0.25, 0.3) is 0 Å². The van der Waals surface area contributed by atoms with Gasteiger partial charge < -0.3 is 5.11 Å². The van der Waals surface area contributed by atoms with Gasteiger partial charge in [0.15, 0.2) is 0 Å². The molecule has 82 valence electrons. The van der Waals surface area contributed by atoms with E-state index in [1.807, 2.05) is 0 Å². The van der Waals surface area contributed by atoms with Gasteiger partial charge in [-0.1, -0.05) is 12.1 Å². The lowest BCUT2D eigenvalue weighted by Gasteiger charge is -2.03. The number of nitrogens with two attached hydrogens (primary N) is 1. The third-order valence-electron chi connectivity index (χ3n) is 1.65. The third-order valence-corrected chi connectivity index (χ3v) is 2.20. The first-order chi connectivity index (χ1) is 6.88. The average Bonchev–Trinajstić information content (AvgIpc) is 2.14. The molecule has 0 bridgehead atoms. The molecule has 0 aliphatic carbocycles. The summed E-state index contributed by atoms with van der Waals surface area (Å²) in [4.78, 5) is 10.6. The van der Waals surface area contributed by atoms with Gasteiger partial charge in [0.25, 0.3) is 10.2 Å². The summed E-state index contributed by atoms with van der Waals surface area (Å²) in [5, 5.41) is 13.4. The van der Waals surface area contributed by atoms with Crippen molar-refractivity contribution in [3.8, 4) is 0 Å². The second-order valence-electron chi connectivity index (χ2n) is 2.87. The highest BCUT2D eigenvalue weighted by Crippen LogP contribution is 2.05. The zero-order valence-corrected chi connectivity index (χ0v) is 8.49. The van der Waals surface area contributed by atoms with Gasteiger partial charge in [-0.25, -0.2) is 9.93 Å². The molecule has 0 radical (unpaired) electrons. The van der Waals surface area contributed by atoms with Crippen LogP contribution in [0.15, 0.2) is 24.3 Å². The molecular formula is C8H10N2O4S. The lowest BCUT2D eigenvalue weighted by atomic mass is 10.1. The predicted molar refractivity (Wildman–Crippen MR) is 53.3 cm³/mol. The van der Waals surface area contributed by atoms with Crippen LogP contribution in [0, 0.1) is 0 Å². The van der Waals surface area contributed by atoms with E-state index in [0.717, 1.165) is 0 Å². The Balaban J connectivity index is 2.79. The number of hydrogen-bond acceptors (Lipinski definition) is 3. The molecule has 0 aromatic heterocycles. The molecule has 0 saturated carbocycles. The van der Waals surface area contributed by atoms with E-state index in [4.69, 9.17) is 10.2 Å². The van der Waals surface area contributed by atoms with Gasteiger partial charge in [0.1, 0.15) is 0 Å². The van der Waals surface area contributed by atoms with Gasteiger partial charge in [0.05, 0.1) is 5.56 Å². The lowest BCUT2D eigenvalue weighted by molar-refractivity contribution is 0.0696. The number of carboxylic acid groups (broad SMARTS) is 1. The maximum absolute atomic E-state index is 10.6. The Morgan fingerprint density at radius 3 is 2.67 bits per heavy atom. The van der Waals surface area contributed by atoms with Crippen LogP contribution in [0.4, 0.5) is 0 Å². The molecule has 0 aliphatic heterocycles. The van der Waals surface area contributed by atoms with Crippen molar-refractivity contribution in [1.82, 2.24) is 4.72 Å². The summed E-state index contributed by atoms with van der Waals surface area (Å²) in [6.07, 6.45) is 0. The molecule has 0 atom stereocenters. The molecule has 6 nitrogen and oxygen atoms in total. The summed E-state index contributed by atoms with van der Waals surface area (Å²) in [6.45, 7) is -0.0278. The first-order valence-electron chi connectivity index (χ1n) is 3.98. The molecule has 1 rings (SSSR count). The average molecular weight is 230 g/mol. The van der Waals surface area contributed by atoms with Gasteiger partial charge in [0, 0.05) is 6.54 Å². The highest BCUT2D eigenvalue weighted by atomic mass is 32.2. The Morgan fingerprint density at radius 2 is 2.13 bits per heavy atom. The SMILES string of the molecule is NS(=O)(=O)NCc1cccc(C(=O)O)c1. The first-order valence-corrected chi connectivity index (χ1v) is 5.53. The van der Waals surface area contributed by atoms with Crippen molar-refractivity contribution in [3.63, 3.8) is 0 Å². The van der Waals surface area contributed by atoms with Crippen LogP contribution in [0.2, 0.25) is 0 Å². The summed E-state index contributed by atoms with van der Waals surface area (Å²) in [7, 11) is -3.75. The fourth-order valence-corrected chi connectivity index (χ4v) is 1.37. The standard InChI is InChI=1S/C8H10N2O4S/c9-15(13,14)10-5-6-2-1-3-7(4-6)8(11)12/h1-4,10H,5H2,(H,11,12)(H2,9,13,14). The Bertz CT molecular complexity index is 469. The zero-order chi connectivity index (χ0) is 11.5. The smallest absolute Gasteiger partial charge is 0.335 e. The van der Waals surface area contributed by atoms with E-state index < -0.39 is 16.2 Å². The number of benzene rings is 1. The van der Waals surface area contributed by atoms with E-state index in [1.54, 1.807) is 6.07 Å². The second-order valence-corrected chi connectivity index (χ2v) is 4.25. The first kappa shape index (κ1) is 11.6. The van der Waals surface area contributed by atoms with Crippen molar-refractivity contribution in [1.29, 1.82) is 0 Å². The molecule has 0 heterocycles. The normalized spacial score (nSPS) is 11.3. The molecule has 15 heavy (non-hydrogen) atoms. The number of hydrogen-bond donors (Lipinski definition) is 3. The van der Waals surface area contributed by atoms with Crippen molar-refractivity contribution in [2.75, 3.05) is 0 Å². The Morgan fingerprint density at radius 1 is 1.47 bits per heavy atom. The zero-order valence-electron chi connectivity index (χ0n) is 7.67. The molecule has 0 unspecified atom stereocenters. The van der Waals surface area contributed by atoms with E-state index in [1.165, 1.54) is 18.2 Å². The Hall–Kier alpha value is -1.44. The number of carboxylic acids is 1. The molecule has 4 N–H and O–H groups in total. The number of nitrogens with one attached hydrogen (secondary N) is 1. The highest BCUT2D eigenvalue weighted by molar-refractivity contribution is 7.87. The number of carbonyl (C=O) groups is 1. The molecule has 1 aromatic rings. The minimum Gasteiger partial charge on any atom is -0.478 e. The minimum absolute atomic E-state index is 0.0278. The molecule has 0 fully saturated rings. The van der Waals surface area contributed by atoms with Crippen LogP contribution in [0.3, 0.4) is 0 Å². The fourth-order valence-electron chi connectivity index (χ4n) is 0.998. The lowest BCUT2D eigenvalue weighted by Crippen LogP contribution is -2.30. The van der Waals surface area contributed by atoms with Gasteiger partial charge >= 0.3 is 5.97 Å². The Labute approximate surface area is 86.9 Å². The van der Waals surface area contributed by atoms with E-state index in [9.17, 15) is 13.2 Å². The minimum atomic E-state index is -3.75. The molecule has 0 saturated heterocycles. The van der Waals surface area contributed by atoms with Crippen molar-refractivity contribution in [2.24, 2.45) is 5.14 Å². The Kier molecular flexibility index (Phi) is 3.40. The quantitative estimate of drug-likeness (QED) is 0.658. The molecule has 1 aromatic carbocycles. The molecule has 0 amide bonds. The van der Waals surface area contributed by atoms with E-state index in [0.29, 0.717) is 5.56 Å². The van der Waals surface area contributed by atoms with Gasteiger partial charge in [0.2, 0.25) is 0 Å². The summed E-state index contributed by atoms with van der Waals surface area (Å²) >= 11 is 0. The van der Waals surface area contributed by atoms with E-state index in [2.05, 4.69) is 4.72 Å². The third kappa shape index (κ3) is 4.07. The van der Waals surface area contributed by atoms with Crippen LogP contribution in [-0.4, -0.2) is 19.5 Å². The largest absolute Gasteiger partial charge is 0.478 e. The molecule has 0 spiro atoms. The van der Waals surface area contributed by atoms with Crippen LogP contribution < -0.4 is 9.86 Å². The summed E-state index contributed by atoms with van der Waals surface area (Å²) in [5.74, 6) is -1.06. The highest BCUT2D eigenvalue weighted by Gasteiger charge is 2.05. The number of rotatable bonds is 4. The van der Waals surface area contributed by atoms with Gasteiger partial charge in [-0.15, -0.1) is 0 Å². The van der Waals surface area contributed by atoms with Gasteiger partial charge in [-0.05, 0) is 17.7 Å². The fraction of sp³-hybridized carbons (Fsp3) is 0.125. The number of aromatic carboxylic acids is 1. The maximum atomic E-state index is 10.6. The van der Waals surface area contributed by atoms with Gasteiger partial charge in [-0.2, -0.15) is 13.1 Å². The molecular weight excluding hydrogens is 220 g/mol. The van der Waals surface area contributed by atoms with Crippen molar-refractivity contribution < 1.29 is 18.3 Å². The van der Waals surface area contributed by atoms with Crippen molar-refractivity contribution in [3.05, 3.63) is 35.4 Å². The topological polar surface area (TPSA) is 109 Å². The van der Waals surface area contributed by atoms with Crippen LogP contribution >= 0.6 is 0 Å². The van der Waals surface area contributed by atoms with Crippen molar-refractivity contribution in [2.45, 2.75) is 6.54 Å². The van der Waals surface area contributed by atoms with Gasteiger partial charge in [-0.3, -0.25) is 0 Å². The van der Waals surface area contributed by atoms with Crippen LogP contribution in [0.1, 0.15) is 15.9 Å². The van der Waals surface area contributed by atoms with E-state index in [-0.39, 0.29) is 12.1 Å². The molecule has 7 heteroatoms. The van der Waals surface area contributed by atoms with Crippen LogP contribution in [0.5, 0.6) is 0 Å². The van der Waals surface area contributed by atoms with Crippen molar-refractivity contribution >= 4 is 16.2 Å². The molecule has 0 aliphatic rings. The summed E-state index contributed by atoms with van der Waals surface area (Å²) in [6, 6.07) is 5.93. The summed E-state index contributed by atoms with van der Waals surface area (Å²) in [5.41, 5.74) is 0.632. The predicted octanol–water partition coefficient (Wildman–Crippen LogP) is -0.322. The monoisotopic (exact) mass is 230 g/mol. The van der Waals surface area contributed by atoms with E-state index >= 15 is 0 Å².